The predicted molar refractivity (Wildman–Crippen MR) is 181 cm³/mol. The number of benzene rings is 6. The highest BCUT2D eigenvalue weighted by Gasteiger charge is 2.16. The first kappa shape index (κ1) is 26.3. The number of para-hydroxylation sites is 2. The molecule has 45 heavy (non-hydrogen) atoms. The number of fused-ring (bicyclic) bond motifs is 3. The number of furan rings is 1. The van der Waals surface area contributed by atoms with Gasteiger partial charge in [-0.15, -0.1) is 0 Å². The summed E-state index contributed by atoms with van der Waals surface area (Å²) in [5.74, 6) is 1.81. The lowest BCUT2D eigenvalue weighted by Gasteiger charge is -2.11. The Hall–Kier alpha value is -6.38. The van der Waals surface area contributed by atoms with E-state index in [0.717, 1.165) is 60.9 Å². The van der Waals surface area contributed by atoms with Crippen molar-refractivity contribution >= 4 is 27.6 Å². The number of hydrogen-bond donors (Lipinski definition) is 0. The van der Waals surface area contributed by atoms with Crippen molar-refractivity contribution in [2.45, 2.75) is 0 Å². The van der Waals surface area contributed by atoms with E-state index in [1.165, 1.54) is 0 Å². The maximum Gasteiger partial charge on any atom is 0.188 e. The van der Waals surface area contributed by atoms with Crippen molar-refractivity contribution in [3.05, 3.63) is 157 Å². The highest BCUT2D eigenvalue weighted by molar-refractivity contribution is 6.09. The summed E-state index contributed by atoms with van der Waals surface area (Å²) in [6, 6.07) is 48.2. The number of aromatic nitrogens is 3. The van der Waals surface area contributed by atoms with E-state index in [4.69, 9.17) is 25.9 Å². The molecular formula is C40H24N4O. The van der Waals surface area contributed by atoms with Crippen LogP contribution in [0.2, 0.25) is 0 Å². The highest BCUT2D eigenvalue weighted by atomic mass is 16.3. The van der Waals surface area contributed by atoms with Gasteiger partial charge < -0.3 is 4.42 Å². The first-order valence-corrected chi connectivity index (χ1v) is 14.6. The molecule has 0 saturated heterocycles. The summed E-state index contributed by atoms with van der Waals surface area (Å²) in [6.07, 6.45) is 0. The Kier molecular flexibility index (Phi) is 6.44. The average molecular weight is 577 g/mol. The second kappa shape index (κ2) is 11.0. The van der Waals surface area contributed by atoms with Crippen LogP contribution in [-0.2, 0) is 0 Å². The van der Waals surface area contributed by atoms with E-state index < -0.39 is 0 Å². The Bertz CT molecular complexity index is 2330. The van der Waals surface area contributed by atoms with Gasteiger partial charge in [-0.3, -0.25) is 0 Å². The first-order chi connectivity index (χ1) is 22.2. The van der Waals surface area contributed by atoms with E-state index >= 15 is 0 Å². The van der Waals surface area contributed by atoms with Crippen LogP contribution in [0.5, 0.6) is 0 Å². The second-order valence-corrected chi connectivity index (χ2v) is 10.8. The lowest BCUT2D eigenvalue weighted by Crippen LogP contribution is -2.00. The highest BCUT2D eigenvalue weighted by Crippen LogP contribution is 2.39. The van der Waals surface area contributed by atoms with Crippen molar-refractivity contribution in [1.82, 2.24) is 15.0 Å². The molecule has 0 radical (unpaired) electrons. The largest absolute Gasteiger partial charge is 0.455 e. The lowest BCUT2D eigenvalue weighted by atomic mass is 9.96. The molecule has 2 heterocycles. The van der Waals surface area contributed by atoms with Crippen molar-refractivity contribution in [2.24, 2.45) is 0 Å². The van der Waals surface area contributed by atoms with E-state index in [0.29, 0.717) is 23.2 Å². The van der Waals surface area contributed by atoms with E-state index in [1.807, 2.05) is 109 Å². The molecule has 5 heteroatoms. The molecule has 0 amide bonds. The molecule has 0 saturated carbocycles. The number of rotatable bonds is 5. The Morgan fingerprint density at radius 1 is 0.444 bits per heavy atom. The van der Waals surface area contributed by atoms with Crippen molar-refractivity contribution < 1.29 is 4.42 Å². The van der Waals surface area contributed by atoms with Crippen LogP contribution in [0.1, 0.15) is 0 Å². The van der Waals surface area contributed by atoms with E-state index in [2.05, 4.69) is 41.2 Å². The van der Waals surface area contributed by atoms with Gasteiger partial charge >= 0.3 is 0 Å². The molecule has 5 nitrogen and oxygen atoms in total. The van der Waals surface area contributed by atoms with Crippen molar-refractivity contribution in [3.8, 4) is 56.4 Å². The molecule has 0 aliphatic heterocycles. The van der Waals surface area contributed by atoms with Crippen molar-refractivity contribution in [1.29, 1.82) is 0 Å². The van der Waals surface area contributed by atoms with Gasteiger partial charge in [-0.1, -0.05) is 115 Å². The van der Waals surface area contributed by atoms with Crippen LogP contribution in [0, 0.1) is 6.57 Å². The standard InChI is InChI=1S/C40H24N4O/c1-41-32-24-30(23-31(25-32)33-19-11-20-35-34-18-8-9-21-36(34)45-37(33)35)28-16-10-17-29(22-28)40-43-38(26-12-4-2-5-13-26)42-39(44-40)27-14-6-3-7-15-27/h2-25H. The summed E-state index contributed by atoms with van der Waals surface area (Å²) in [5.41, 5.74) is 8.66. The molecule has 0 fully saturated rings. The molecular weight excluding hydrogens is 552 g/mol. The smallest absolute Gasteiger partial charge is 0.188 e. The fraction of sp³-hybridized carbons (Fsp3) is 0. The van der Waals surface area contributed by atoms with Crippen LogP contribution in [0.25, 0.3) is 83.2 Å². The summed E-state index contributed by atoms with van der Waals surface area (Å²) in [7, 11) is 0. The van der Waals surface area contributed by atoms with Gasteiger partial charge in [-0.05, 0) is 47.0 Å². The second-order valence-electron chi connectivity index (χ2n) is 10.8. The van der Waals surface area contributed by atoms with Crippen LogP contribution in [-0.4, -0.2) is 15.0 Å². The molecule has 0 N–H and O–H groups in total. The van der Waals surface area contributed by atoms with Crippen molar-refractivity contribution in [2.75, 3.05) is 0 Å². The molecule has 0 bridgehead atoms. The minimum Gasteiger partial charge on any atom is -0.455 e. The topological polar surface area (TPSA) is 56.2 Å². The minimum absolute atomic E-state index is 0.555. The molecule has 210 valence electrons. The monoisotopic (exact) mass is 576 g/mol. The molecule has 8 rings (SSSR count). The molecule has 2 aromatic heterocycles. The maximum atomic E-state index is 7.87. The lowest BCUT2D eigenvalue weighted by molar-refractivity contribution is 0.670. The Morgan fingerprint density at radius 2 is 0.978 bits per heavy atom. The molecule has 0 unspecified atom stereocenters. The van der Waals surface area contributed by atoms with Crippen LogP contribution >= 0.6 is 0 Å². The molecule has 0 spiro atoms. The van der Waals surface area contributed by atoms with Gasteiger partial charge in [0.2, 0.25) is 0 Å². The molecule has 0 aliphatic rings. The van der Waals surface area contributed by atoms with E-state index in [-0.39, 0.29) is 0 Å². The van der Waals surface area contributed by atoms with Crippen LogP contribution in [0.4, 0.5) is 5.69 Å². The average Bonchev–Trinajstić information content (AvgIpc) is 3.51. The fourth-order valence-electron chi connectivity index (χ4n) is 5.75. The van der Waals surface area contributed by atoms with E-state index in [1.54, 1.807) is 0 Å². The van der Waals surface area contributed by atoms with Gasteiger partial charge in [0.05, 0.1) is 6.57 Å². The Morgan fingerprint density at radius 3 is 1.69 bits per heavy atom. The summed E-state index contributed by atoms with van der Waals surface area (Å²) < 4.78 is 6.33. The number of nitrogens with zero attached hydrogens (tertiary/aromatic N) is 4. The van der Waals surface area contributed by atoms with Gasteiger partial charge in [-0.25, -0.2) is 19.8 Å². The van der Waals surface area contributed by atoms with Crippen LogP contribution in [0.15, 0.2) is 150 Å². The van der Waals surface area contributed by atoms with Crippen LogP contribution < -0.4 is 0 Å². The summed E-state index contributed by atoms with van der Waals surface area (Å²) >= 11 is 0. The third kappa shape index (κ3) is 4.91. The Labute approximate surface area is 260 Å². The quantitative estimate of drug-likeness (QED) is 0.191. The zero-order valence-electron chi connectivity index (χ0n) is 24.1. The third-order valence-electron chi connectivity index (χ3n) is 7.92. The van der Waals surface area contributed by atoms with E-state index in [9.17, 15) is 0 Å². The van der Waals surface area contributed by atoms with Crippen molar-refractivity contribution in [3.63, 3.8) is 0 Å². The van der Waals surface area contributed by atoms with Gasteiger partial charge in [0, 0.05) is 33.0 Å². The Balaban J connectivity index is 1.26. The molecule has 6 aromatic carbocycles. The van der Waals surface area contributed by atoms with Gasteiger partial charge in [0.15, 0.2) is 23.2 Å². The molecule has 8 aromatic rings. The van der Waals surface area contributed by atoms with Crippen LogP contribution in [0.3, 0.4) is 0 Å². The van der Waals surface area contributed by atoms with Gasteiger partial charge in [-0.2, -0.15) is 0 Å². The minimum atomic E-state index is 0.555. The summed E-state index contributed by atoms with van der Waals surface area (Å²) in [6.45, 7) is 7.87. The summed E-state index contributed by atoms with van der Waals surface area (Å²) in [4.78, 5) is 18.5. The zero-order valence-corrected chi connectivity index (χ0v) is 24.1. The SMILES string of the molecule is [C-]#[N+]c1cc(-c2cccc(-c3nc(-c4ccccc4)nc(-c4ccccc4)n3)c2)cc(-c2cccc3c2oc2ccccc23)c1. The number of hydrogen-bond acceptors (Lipinski definition) is 4. The van der Waals surface area contributed by atoms with Gasteiger partial charge in [0.25, 0.3) is 0 Å². The maximum absolute atomic E-state index is 7.87. The van der Waals surface area contributed by atoms with Gasteiger partial charge in [0.1, 0.15) is 11.2 Å². The molecule has 0 atom stereocenters. The zero-order chi connectivity index (χ0) is 30.2. The molecule has 0 aliphatic carbocycles. The third-order valence-corrected chi connectivity index (χ3v) is 7.92. The fourth-order valence-corrected chi connectivity index (χ4v) is 5.75. The predicted octanol–water partition coefficient (Wildman–Crippen LogP) is 10.7. The normalized spacial score (nSPS) is 11.1. The summed E-state index contributed by atoms with van der Waals surface area (Å²) in [5, 5.41) is 2.13. The first-order valence-electron chi connectivity index (χ1n) is 14.6.